The highest BCUT2D eigenvalue weighted by atomic mass is 15.2. The van der Waals surface area contributed by atoms with Crippen LogP contribution in [0.25, 0.3) is 0 Å². The third-order valence-corrected chi connectivity index (χ3v) is 2.99. The second-order valence-corrected chi connectivity index (χ2v) is 4.22. The normalized spacial score (nSPS) is 16.8. The summed E-state index contributed by atoms with van der Waals surface area (Å²) < 4.78 is 0. The molecular weight excluding hydrogens is 208 g/mol. The summed E-state index contributed by atoms with van der Waals surface area (Å²) in [6.07, 6.45) is 13.5. The number of hydrogen-bond donors (Lipinski definition) is 0. The second-order valence-electron chi connectivity index (χ2n) is 4.22. The minimum Gasteiger partial charge on any atom is -0.330 e. The van der Waals surface area contributed by atoms with E-state index in [0.29, 0.717) is 6.04 Å². The Kier molecular flexibility index (Phi) is 5.47. The number of nitrogens with zero attached hydrogens (tertiary/aromatic N) is 2. The van der Waals surface area contributed by atoms with Gasteiger partial charge in [-0.15, -0.1) is 0 Å². The Hall–Kier alpha value is -1.57. The van der Waals surface area contributed by atoms with Gasteiger partial charge in [0.25, 0.3) is 0 Å². The Morgan fingerprint density at radius 1 is 1.29 bits per heavy atom. The molecule has 0 aromatic carbocycles. The Morgan fingerprint density at radius 3 is 2.47 bits per heavy atom. The molecule has 17 heavy (non-hydrogen) atoms. The molecule has 1 rings (SSSR count). The third kappa shape index (κ3) is 3.74. The van der Waals surface area contributed by atoms with Gasteiger partial charge in [0.1, 0.15) is 0 Å². The Bertz CT molecular complexity index is 357. The van der Waals surface area contributed by atoms with Crippen molar-refractivity contribution in [2.45, 2.75) is 32.2 Å². The van der Waals surface area contributed by atoms with E-state index in [9.17, 15) is 0 Å². The lowest BCUT2D eigenvalue weighted by molar-refractivity contribution is 0.256. The number of aliphatic imine (C=N–C) groups is 1. The Morgan fingerprint density at radius 2 is 2.00 bits per heavy atom. The quantitative estimate of drug-likeness (QED) is 0.386. The lowest BCUT2D eigenvalue weighted by Crippen LogP contribution is -2.38. The van der Waals surface area contributed by atoms with Crippen LogP contribution in [0.15, 0.2) is 53.7 Å². The third-order valence-electron chi connectivity index (χ3n) is 2.99. The van der Waals surface area contributed by atoms with Crippen LogP contribution in [-0.2, 0) is 0 Å². The molecule has 1 saturated carbocycles. The molecule has 0 aliphatic heterocycles. The van der Waals surface area contributed by atoms with Crippen molar-refractivity contribution in [1.82, 2.24) is 4.90 Å². The zero-order chi connectivity index (χ0) is 12.7. The first-order chi connectivity index (χ1) is 8.20. The topological polar surface area (TPSA) is 15.6 Å². The highest BCUT2D eigenvalue weighted by molar-refractivity contribution is 5.61. The van der Waals surface area contributed by atoms with Crippen molar-refractivity contribution in [3.63, 3.8) is 0 Å². The van der Waals surface area contributed by atoms with Crippen molar-refractivity contribution in [3.05, 3.63) is 48.7 Å². The average molecular weight is 230 g/mol. The fourth-order valence-corrected chi connectivity index (χ4v) is 1.72. The van der Waals surface area contributed by atoms with Gasteiger partial charge in [0.15, 0.2) is 0 Å². The molecule has 0 heterocycles. The van der Waals surface area contributed by atoms with Gasteiger partial charge in [-0.25, -0.2) is 0 Å². The smallest absolute Gasteiger partial charge is 0.0893 e. The van der Waals surface area contributed by atoms with Crippen LogP contribution in [0.2, 0.25) is 0 Å². The van der Waals surface area contributed by atoms with Crippen LogP contribution in [-0.4, -0.2) is 24.3 Å². The van der Waals surface area contributed by atoms with E-state index < -0.39 is 0 Å². The maximum atomic E-state index is 4.12. The van der Waals surface area contributed by atoms with Crippen LogP contribution in [0.1, 0.15) is 26.2 Å². The molecule has 0 amide bonds. The van der Waals surface area contributed by atoms with Crippen molar-refractivity contribution in [3.8, 4) is 0 Å². The zero-order valence-corrected chi connectivity index (χ0v) is 10.9. The van der Waals surface area contributed by atoms with E-state index in [4.69, 9.17) is 0 Å². The summed E-state index contributed by atoms with van der Waals surface area (Å²) >= 11 is 0. The zero-order valence-electron chi connectivity index (χ0n) is 10.9. The molecule has 1 fully saturated rings. The summed E-state index contributed by atoms with van der Waals surface area (Å²) in [4.78, 5) is 6.24. The van der Waals surface area contributed by atoms with E-state index in [1.807, 2.05) is 37.6 Å². The standard InChI is InChI=1S/C15H22N2/c1-5-6-7-9-13(2)14(3)17(12-16-4)15-10-8-11-15/h5-7,9,12,15H,2-3,8,10-11H2,1,4H3/b6-5-,9-7-,16-12?. The summed E-state index contributed by atoms with van der Waals surface area (Å²) in [5.41, 5.74) is 1.89. The molecule has 2 heteroatoms. The summed E-state index contributed by atoms with van der Waals surface area (Å²) in [5.74, 6) is 0. The van der Waals surface area contributed by atoms with Crippen molar-refractivity contribution in [1.29, 1.82) is 0 Å². The summed E-state index contributed by atoms with van der Waals surface area (Å²) in [6.45, 7) is 10.2. The number of allylic oxidation sites excluding steroid dienone is 4. The Balaban J connectivity index is 2.66. The van der Waals surface area contributed by atoms with Crippen LogP contribution < -0.4 is 0 Å². The molecule has 0 radical (unpaired) electrons. The number of rotatable bonds is 6. The lowest BCUT2D eigenvalue weighted by atomic mass is 9.91. The first-order valence-corrected chi connectivity index (χ1v) is 6.09. The highest BCUT2D eigenvalue weighted by Crippen LogP contribution is 2.28. The molecule has 0 saturated heterocycles. The van der Waals surface area contributed by atoms with Crippen molar-refractivity contribution in [2.75, 3.05) is 7.05 Å². The van der Waals surface area contributed by atoms with Gasteiger partial charge < -0.3 is 4.90 Å². The van der Waals surface area contributed by atoms with Gasteiger partial charge in [-0.05, 0) is 31.8 Å². The van der Waals surface area contributed by atoms with E-state index in [1.54, 1.807) is 7.05 Å². The second kappa shape index (κ2) is 6.89. The van der Waals surface area contributed by atoms with E-state index in [-0.39, 0.29) is 0 Å². The molecular formula is C15H22N2. The molecule has 0 bridgehead atoms. The molecule has 0 atom stereocenters. The van der Waals surface area contributed by atoms with E-state index >= 15 is 0 Å². The summed E-state index contributed by atoms with van der Waals surface area (Å²) in [7, 11) is 1.79. The van der Waals surface area contributed by atoms with E-state index in [0.717, 1.165) is 11.3 Å². The minimum atomic E-state index is 0.554. The summed E-state index contributed by atoms with van der Waals surface area (Å²) in [5, 5.41) is 0. The maximum absolute atomic E-state index is 4.12. The highest BCUT2D eigenvalue weighted by Gasteiger charge is 2.25. The molecule has 1 aliphatic carbocycles. The monoisotopic (exact) mass is 230 g/mol. The predicted molar refractivity (Wildman–Crippen MR) is 76.1 cm³/mol. The molecule has 0 aromatic rings. The molecule has 0 N–H and O–H groups in total. The Labute approximate surface area is 105 Å². The first kappa shape index (κ1) is 13.5. The van der Waals surface area contributed by atoms with Gasteiger partial charge in [-0.3, -0.25) is 4.99 Å². The SMILES string of the molecule is C=C(/C=C\C=C/C)C(=C)N(C=NC)C1CCC1. The summed E-state index contributed by atoms with van der Waals surface area (Å²) in [6, 6.07) is 0.554. The predicted octanol–water partition coefficient (Wildman–Crippen LogP) is 3.70. The number of hydrogen-bond acceptors (Lipinski definition) is 1. The fraction of sp³-hybridized carbons (Fsp3) is 0.400. The van der Waals surface area contributed by atoms with Crippen molar-refractivity contribution >= 4 is 6.34 Å². The van der Waals surface area contributed by atoms with Gasteiger partial charge in [-0.1, -0.05) is 37.5 Å². The first-order valence-electron chi connectivity index (χ1n) is 6.09. The van der Waals surface area contributed by atoms with Gasteiger partial charge in [-0.2, -0.15) is 0 Å². The molecule has 0 unspecified atom stereocenters. The largest absolute Gasteiger partial charge is 0.330 e. The molecule has 0 aromatic heterocycles. The van der Waals surface area contributed by atoms with Crippen LogP contribution in [0, 0.1) is 0 Å². The van der Waals surface area contributed by atoms with E-state index in [1.165, 1.54) is 19.3 Å². The maximum Gasteiger partial charge on any atom is 0.0893 e. The molecule has 2 nitrogen and oxygen atoms in total. The lowest BCUT2D eigenvalue weighted by Gasteiger charge is -2.37. The fourth-order valence-electron chi connectivity index (χ4n) is 1.72. The van der Waals surface area contributed by atoms with Gasteiger partial charge in [0.05, 0.1) is 6.34 Å². The molecule has 0 spiro atoms. The van der Waals surface area contributed by atoms with Crippen molar-refractivity contribution < 1.29 is 0 Å². The van der Waals surface area contributed by atoms with Crippen LogP contribution in [0.4, 0.5) is 0 Å². The van der Waals surface area contributed by atoms with E-state index in [2.05, 4.69) is 23.1 Å². The van der Waals surface area contributed by atoms with Gasteiger partial charge in [0, 0.05) is 18.8 Å². The minimum absolute atomic E-state index is 0.554. The van der Waals surface area contributed by atoms with Crippen LogP contribution in [0.5, 0.6) is 0 Å². The van der Waals surface area contributed by atoms with Crippen LogP contribution >= 0.6 is 0 Å². The van der Waals surface area contributed by atoms with Gasteiger partial charge >= 0.3 is 0 Å². The molecule has 1 aliphatic rings. The van der Waals surface area contributed by atoms with Crippen molar-refractivity contribution in [2.24, 2.45) is 4.99 Å². The van der Waals surface area contributed by atoms with Gasteiger partial charge in [0.2, 0.25) is 0 Å². The average Bonchev–Trinajstić information content (AvgIpc) is 2.25. The molecule has 92 valence electrons. The van der Waals surface area contributed by atoms with Crippen LogP contribution in [0.3, 0.4) is 0 Å².